The summed E-state index contributed by atoms with van der Waals surface area (Å²) in [5.41, 5.74) is 1.36. The maximum Gasteiger partial charge on any atom is 0.348 e. The summed E-state index contributed by atoms with van der Waals surface area (Å²) in [5, 5.41) is 0. The number of likely N-dealkylation sites (N-methyl/N-ethyl adjacent to an activating group) is 1. The molecule has 0 bridgehead atoms. The van der Waals surface area contributed by atoms with E-state index in [1.807, 2.05) is 12.1 Å². The van der Waals surface area contributed by atoms with Crippen LogP contribution in [0.1, 0.15) is 44.4 Å². The molecule has 1 amide bonds. The van der Waals surface area contributed by atoms with Crippen LogP contribution < -0.4 is 0 Å². The number of ether oxygens (including phenoxy) is 3. The van der Waals surface area contributed by atoms with Gasteiger partial charge in [0, 0.05) is 19.4 Å². The summed E-state index contributed by atoms with van der Waals surface area (Å²) >= 11 is 0. The fraction of sp³-hybridized carbons (Fsp3) is 0.407. The highest BCUT2D eigenvalue weighted by molar-refractivity contribution is 5.88. The molecule has 4 atom stereocenters. The van der Waals surface area contributed by atoms with Crippen molar-refractivity contribution in [3.05, 3.63) is 71.8 Å². The molecule has 8 heteroatoms. The number of carbonyl (C=O) groups is 4. The molecule has 0 unspecified atom stereocenters. The van der Waals surface area contributed by atoms with Crippen LogP contribution >= 0.6 is 0 Å². The maximum atomic E-state index is 13.1. The van der Waals surface area contributed by atoms with Gasteiger partial charge >= 0.3 is 17.9 Å². The van der Waals surface area contributed by atoms with Crippen molar-refractivity contribution in [1.29, 1.82) is 0 Å². The third-order valence-electron chi connectivity index (χ3n) is 5.97. The van der Waals surface area contributed by atoms with E-state index in [4.69, 9.17) is 14.2 Å². The van der Waals surface area contributed by atoms with Gasteiger partial charge in [-0.15, -0.1) is 0 Å². The molecule has 0 N–H and O–H groups in total. The van der Waals surface area contributed by atoms with Crippen LogP contribution in [-0.2, 0) is 39.8 Å². The number of benzene rings is 2. The van der Waals surface area contributed by atoms with Gasteiger partial charge in [0.15, 0.2) is 0 Å². The summed E-state index contributed by atoms with van der Waals surface area (Å²) in [6.45, 7) is 4.95. The largest absolute Gasteiger partial charge is 0.454 e. The topological polar surface area (TPSA) is 99.2 Å². The molecule has 1 aliphatic rings. The Bertz CT molecular complexity index is 1040. The smallest absolute Gasteiger partial charge is 0.348 e. The predicted molar refractivity (Wildman–Crippen MR) is 127 cm³/mol. The van der Waals surface area contributed by atoms with Gasteiger partial charge in [-0.25, -0.2) is 14.4 Å². The lowest BCUT2D eigenvalue weighted by molar-refractivity contribution is -0.183. The van der Waals surface area contributed by atoms with Crippen LogP contribution in [0.2, 0.25) is 0 Å². The van der Waals surface area contributed by atoms with E-state index < -0.39 is 54.1 Å². The zero-order chi connectivity index (χ0) is 25.5. The van der Waals surface area contributed by atoms with Crippen molar-refractivity contribution >= 4 is 23.8 Å². The van der Waals surface area contributed by atoms with Gasteiger partial charge in [-0.05, 0) is 18.1 Å². The van der Waals surface area contributed by atoms with Gasteiger partial charge in [-0.1, -0.05) is 74.5 Å². The minimum Gasteiger partial charge on any atom is -0.454 e. The molecule has 0 aromatic heterocycles. The van der Waals surface area contributed by atoms with E-state index in [1.54, 1.807) is 62.4 Å². The molecule has 2 aromatic rings. The molecule has 0 aliphatic carbocycles. The molecule has 1 aliphatic heterocycles. The van der Waals surface area contributed by atoms with Crippen molar-refractivity contribution in [1.82, 2.24) is 4.90 Å². The molecule has 1 saturated heterocycles. The normalized spacial score (nSPS) is 24.5. The minimum absolute atomic E-state index is 0.0578. The first kappa shape index (κ1) is 25.9. The van der Waals surface area contributed by atoms with E-state index in [0.717, 1.165) is 5.56 Å². The Kier molecular flexibility index (Phi) is 8.63. The number of esters is 3. The molecule has 35 heavy (non-hydrogen) atoms. The van der Waals surface area contributed by atoms with Crippen LogP contribution in [0.25, 0.3) is 0 Å². The third-order valence-corrected chi connectivity index (χ3v) is 5.97. The van der Waals surface area contributed by atoms with E-state index in [-0.39, 0.29) is 12.8 Å². The Hall–Kier alpha value is -3.68. The quantitative estimate of drug-likeness (QED) is 0.488. The second-order valence-corrected chi connectivity index (χ2v) is 8.94. The Balaban J connectivity index is 1.97. The molecule has 0 saturated carbocycles. The number of carbonyl (C=O) groups excluding carboxylic acids is 4. The Morgan fingerprint density at radius 1 is 0.829 bits per heavy atom. The van der Waals surface area contributed by atoms with Crippen LogP contribution in [0, 0.1) is 5.92 Å². The Labute approximate surface area is 205 Å². The number of rotatable bonds is 4. The lowest BCUT2D eigenvalue weighted by Gasteiger charge is -2.26. The molecule has 1 fully saturated rings. The van der Waals surface area contributed by atoms with Crippen molar-refractivity contribution in [3.63, 3.8) is 0 Å². The second-order valence-electron chi connectivity index (χ2n) is 8.94. The van der Waals surface area contributed by atoms with Gasteiger partial charge < -0.3 is 19.1 Å². The molecule has 1 heterocycles. The monoisotopic (exact) mass is 481 g/mol. The molecule has 186 valence electrons. The van der Waals surface area contributed by atoms with Crippen molar-refractivity contribution in [2.75, 3.05) is 7.05 Å². The van der Waals surface area contributed by atoms with Gasteiger partial charge in [-0.3, -0.25) is 4.79 Å². The maximum absolute atomic E-state index is 13.1. The fourth-order valence-electron chi connectivity index (χ4n) is 3.68. The standard InChI is InChI=1S/C27H31NO7/c1-17(2)24-27(32)33-21(20-13-9-6-10-14-20)16-23(29)28(4)18(3)25(30)34-22(26(31)35-24)15-19-11-7-5-8-12-19/h5-14,17-18,21-22,24H,15-16H2,1-4H3/t18-,21-,22-,24-/m0/s1. The number of hydrogen-bond donors (Lipinski definition) is 0. The highest BCUT2D eigenvalue weighted by Crippen LogP contribution is 2.26. The van der Waals surface area contributed by atoms with Crippen molar-refractivity contribution in [3.8, 4) is 0 Å². The third kappa shape index (κ3) is 6.68. The van der Waals surface area contributed by atoms with E-state index in [9.17, 15) is 19.2 Å². The van der Waals surface area contributed by atoms with Crippen molar-refractivity contribution in [2.24, 2.45) is 5.92 Å². The first-order valence-electron chi connectivity index (χ1n) is 11.6. The zero-order valence-corrected chi connectivity index (χ0v) is 20.4. The predicted octanol–water partition coefficient (Wildman–Crippen LogP) is 3.24. The Morgan fingerprint density at radius 2 is 1.43 bits per heavy atom. The minimum atomic E-state index is -1.30. The summed E-state index contributed by atoms with van der Waals surface area (Å²) in [5.74, 6) is -3.20. The summed E-state index contributed by atoms with van der Waals surface area (Å²) in [7, 11) is 1.47. The van der Waals surface area contributed by atoms with Crippen molar-refractivity contribution < 1.29 is 33.4 Å². The molecule has 3 rings (SSSR count). The SMILES string of the molecule is CC(C)[C@@H]1OC(=O)[C@H](Cc2ccccc2)OC(=O)[C@H](C)N(C)C(=O)C[C@@H](c2ccccc2)OC1=O. The molecule has 0 spiro atoms. The molecular formula is C27H31NO7. The first-order chi connectivity index (χ1) is 16.7. The van der Waals surface area contributed by atoms with Crippen molar-refractivity contribution in [2.45, 2.75) is 58.0 Å². The fourth-order valence-corrected chi connectivity index (χ4v) is 3.68. The molecular weight excluding hydrogens is 450 g/mol. The number of nitrogens with zero attached hydrogens (tertiary/aromatic N) is 1. The Morgan fingerprint density at radius 3 is 2.03 bits per heavy atom. The number of hydrogen-bond acceptors (Lipinski definition) is 7. The summed E-state index contributed by atoms with van der Waals surface area (Å²) in [6.07, 6.45) is -3.58. The average Bonchev–Trinajstić information content (AvgIpc) is 2.85. The first-order valence-corrected chi connectivity index (χ1v) is 11.6. The highest BCUT2D eigenvalue weighted by atomic mass is 16.6. The van der Waals surface area contributed by atoms with Crippen LogP contribution in [0.15, 0.2) is 60.7 Å². The zero-order valence-electron chi connectivity index (χ0n) is 20.4. The van der Waals surface area contributed by atoms with Crippen LogP contribution in [0.3, 0.4) is 0 Å². The van der Waals surface area contributed by atoms with E-state index in [0.29, 0.717) is 5.56 Å². The molecule has 0 radical (unpaired) electrons. The van der Waals surface area contributed by atoms with Crippen LogP contribution in [-0.4, -0.2) is 54.0 Å². The van der Waals surface area contributed by atoms with Crippen LogP contribution in [0.4, 0.5) is 0 Å². The van der Waals surface area contributed by atoms with Gasteiger partial charge in [0.05, 0.1) is 6.42 Å². The average molecular weight is 482 g/mol. The van der Waals surface area contributed by atoms with E-state index >= 15 is 0 Å². The summed E-state index contributed by atoms with van der Waals surface area (Å²) in [6, 6.07) is 16.9. The lowest BCUT2D eigenvalue weighted by atomic mass is 10.0. The number of amides is 1. The summed E-state index contributed by atoms with van der Waals surface area (Å²) in [4.78, 5) is 53.5. The van der Waals surface area contributed by atoms with Gasteiger partial charge in [-0.2, -0.15) is 0 Å². The van der Waals surface area contributed by atoms with Gasteiger partial charge in [0.1, 0.15) is 12.1 Å². The summed E-state index contributed by atoms with van der Waals surface area (Å²) < 4.78 is 16.8. The second kappa shape index (κ2) is 11.6. The van der Waals surface area contributed by atoms with E-state index in [2.05, 4.69) is 0 Å². The van der Waals surface area contributed by atoms with Crippen LogP contribution in [0.5, 0.6) is 0 Å². The molecule has 2 aromatic carbocycles. The van der Waals surface area contributed by atoms with E-state index in [1.165, 1.54) is 18.9 Å². The van der Waals surface area contributed by atoms with Gasteiger partial charge in [0.2, 0.25) is 18.1 Å². The van der Waals surface area contributed by atoms with Gasteiger partial charge in [0.25, 0.3) is 0 Å². The highest BCUT2D eigenvalue weighted by Gasteiger charge is 2.37. The lowest BCUT2D eigenvalue weighted by Crippen LogP contribution is -2.44. The molecule has 8 nitrogen and oxygen atoms in total. The number of cyclic esters (lactones) is 3.